The maximum Gasteiger partial charge on any atom is 0.163 e. The van der Waals surface area contributed by atoms with Gasteiger partial charge in [0.1, 0.15) is 0 Å². The highest BCUT2D eigenvalue weighted by Gasteiger charge is 2.21. The van der Waals surface area contributed by atoms with Crippen LogP contribution < -0.4 is 14.8 Å². The Labute approximate surface area is 124 Å². The van der Waals surface area contributed by atoms with E-state index >= 15 is 0 Å². The molecule has 0 atom stereocenters. The molecule has 4 rings (SSSR count). The maximum absolute atomic E-state index is 5.75. The lowest BCUT2D eigenvalue weighted by Gasteiger charge is -2.15. The molecule has 0 bridgehead atoms. The number of benzene rings is 2. The summed E-state index contributed by atoms with van der Waals surface area (Å²) in [4.78, 5) is 0. The van der Waals surface area contributed by atoms with Crippen molar-refractivity contribution in [1.29, 1.82) is 0 Å². The van der Waals surface area contributed by atoms with Gasteiger partial charge in [-0.1, -0.05) is 24.3 Å². The van der Waals surface area contributed by atoms with Crippen LogP contribution in [0.4, 0.5) is 5.69 Å². The van der Waals surface area contributed by atoms with Gasteiger partial charge in [0.15, 0.2) is 11.5 Å². The minimum Gasteiger partial charge on any atom is -0.490 e. The third kappa shape index (κ3) is 2.56. The van der Waals surface area contributed by atoms with Crippen LogP contribution in [0.5, 0.6) is 11.5 Å². The van der Waals surface area contributed by atoms with Gasteiger partial charge in [-0.15, -0.1) is 0 Å². The first-order valence-corrected chi connectivity index (χ1v) is 7.61. The summed E-state index contributed by atoms with van der Waals surface area (Å²) in [5, 5.41) is 3.62. The molecule has 0 fully saturated rings. The van der Waals surface area contributed by atoms with E-state index in [-0.39, 0.29) is 0 Å². The molecule has 0 saturated carbocycles. The van der Waals surface area contributed by atoms with Crippen LogP contribution >= 0.6 is 0 Å². The molecule has 3 heteroatoms. The summed E-state index contributed by atoms with van der Waals surface area (Å²) in [5.74, 6) is 1.71. The monoisotopic (exact) mass is 281 g/mol. The third-order valence-corrected chi connectivity index (χ3v) is 4.17. The summed E-state index contributed by atoms with van der Waals surface area (Å²) in [6.07, 6.45) is 3.12. The topological polar surface area (TPSA) is 30.5 Å². The van der Waals surface area contributed by atoms with Crippen molar-refractivity contribution in [2.45, 2.75) is 25.3 Å². The molecule has 0 radical (unpaired) electrons. The minimum atomic E-state index is 0.465. The predicted molar refractivity (Wildman–Crippen MR) is 83.3 cm³/mol. The summed E-state index contributed by atoms with van der Waals surface area (Å²) < 4.78 is 11.4. The Morgan fingerprint density at radius 1 is 0.857 bits per heavy atom. The zero-order chi connectivity index (χ0) is 14.1. The van der Waals surface area contributed by atoms with Crippen LogP contribution in [0.25, 0.3) is 0 Å². The molecule has 0 unspecified atom stereocenters. The molecule has 0 spiro atoms. The molecule has 2 aliphatic rings. The summed E-state index contributed by atoms with van der Waals surface area (Å²) >= 11 is 0. The van der Waals surface area contributed by atoms with Crippen LogP contribution in [0.1, 0.15) is 17.5 Å². The number of anilines is 1. The van der Waals surface area contributed by atoms with E-state index in [1.54, 1.807) is 0 Å². The predicted octanol–water partition coefficient (Wildman–Crippen LogP) is 3.43. The van der Waals surface area contributed by atoms with E-state index in [2.05, 4.69) is 41.7 Å². The molecule has 108 valence electrons. The fourth-order valence-corrected chi connectivity index (χ4v) is 3.15. The molecule has 1 heterocycles. The summed E-state index contributed by atoms with van der Waals surface area (Å²) in [6, 6.07) is 15.3. The van der Waals surface area contributed by atoms with Crippen molar-refractivity contribution in [3.63, 3.8) is 0 Å². The van der Waals surface area contributed by atoms with E-state index in [1.807, 2.05) is 6.07 Å². The molecule has 0 aromatic heterocycles. The van der Waals surface area contributed by atoms with Gasteiger partial charge in [-0.25, -0.2) is 0 Å². The molecule has 2 aromatic carbocycles. The first-order chi connectivity index (χ1) is 10.4. The van der Waals surface area contributed by atoms with Crippen LogP contribution in [0.2, 0.25) is 0 Å². The van der Waals surface area contributed by atoms with E-state index in [0.717, 1.165) is 49.7 Å². The van der Waals surface area contributed by atoms with Gasteiger partial charge in [0.05, 0.1) is 13.2 Å². The van der Waals surface area contributed by atoms with Gasteiger partial charge in [0.25, 0.3) is 0 Å². The van der Waals surface area contributed by atoms with Crippen LogP contribution in [0.3, 0.4) is 0 Å². The second-order valence-electron chi connectivity index (χ2n) is 5.73. The fourth-order valence-electron chi connectivity index (χ4n) is 3.15. The molecular weight excluding hydrogens is 262 g/mol. The zero-order valence-corrected chi connectivity index (χ0v) is 12.0. The van der Waals surface area contributed by atoms with Crippen LogP contribution in [-0.2, 0) is 12.8 Å². The summed E-state index contributed by atoms with van der Waals surface area (Å²) in [5.41, 5.74) is 4.03. The lowest BCUT2D eigenvalue weighted by Crippen LogP contribution is -2.19. The van der Waals surface area contributed by atoms with Crippen LogP contribution in [-0.4, -0.2) is 19.3 Å². The van der Waals surface area contributed by atoms with Crippen LogP contribution in [0.15, 0.2) is 42.5 Å². The first kappa shape index (κ1) is 12.6. The van der Waals surface area contributed by atoms with Gasteiger partial charge in [-0.05, 0) is 36.1 Å². The van der Waals surface area contributed by atoms with E-state index in [0.29, 0.717) is 6.04 Å². The van der Waals surface area contributed by atoms with Gasteiger partial charge in [-0.2, -0.15) is 0 Å². The number of hydrogen-bond donors (Lipinski definition) is 1. The van der Waals surface area contributed by atoms with Gasteiger partial charge in [0, 0.05) is 24.2 Å². The molecule has 1 aliphatic carbocycles. The zero-order valence-electron chi connectivity index (χ0n) is 12.0. The smallest absolute Gasteiger partial charge is 0.163 e. The molecule has 21 heavy (non-hydrogen) atoms. The van der Waals surface area contributed by atoms with Gasteiger partial charge in [-0.3, -0.25) is 0 Å². The summed E-state index contributed by atoms with van der Waals surface area (Å²) in [7, 11) is 0. The van der Waals surface area contributed by atoms with Crippen LogP contribution in [0, 0.1) is 0 Å². The molecule has 1 N–H and O–H groups in total. The standard InChI is InChI=1S/C18H19NO2/c1-2-5-14-11-16(10-13(14)4-1)19-15-6-7-17-18(12-15)21-9-3-8-20-17/h1-2,4-7,12,16,19H,3,8-11H2. The molecule has 2 aromatic rings. The first-order valence-electron chi connectivity index (χ1n) is 7.61. The highest BCUT2D eigenvalue weighted by atomic mass is 16.5. The fraction of sp³-hybridized carbons (Fsp3) is 0.333. The van der Waals surface area contributed by atoms with E-state index < -0.39 is 0 Å². The van der Waals surface area contributed by atoms with Gasteiger partial charge >= 0.3 is 0 Å². The van der Waals surface area contributed by atoms with Crippen molar-refractivity contribution in [2.75, 3.05) is 18.5 Å². The van der Waals surface area contributed by atoms with E-state index in [1.165, 1.54) is 11.1 Å². The van der Waals surface area contributed by atoms with Crippen molar-refractivity contribution < 1.29 is 9.47 Å². The Kier molecular flexibility index (Phi) is 3.18. The van der Waals surface area contributed by atoms with Crippen molar-refractivity contribution >= 4 is 5.69 Å². The Morgan fingerprint density at radius 3 is 2.33 bits per heavy atom. The average molecular weight is 281 g/mol. The molecule has 3 nitrogen and oxygen atoms in total. The molecule has 0 saturated heterocycles. The number of fused-ring (bicyclic) bond motifs is 2. The van der Waals surface area contributed by atoms with Gasteiger partial charge in [0.2, 0.25) is 0 Å². The minimum absolute atomic E-state index is 0.465. The SMILES string of the molecule is c1ccc2c(c1)CC(Nc1ccc3c(c1)OCCCO3)C2. The highest BCUT2D eigenvalue weighted by Crippen LogP contribution is 2.33. The number of hydrogen-bond acceptors (Lipinski definition) is 3. The lowest BCUT2D eigenvalue weighted by atomic mass is 10.1. The Bertz CT molecular complexity index is 628. The number of nitrogens with one attached hydrogen (secondary N) is 1. The maximum atomic E-state index is 5.75. The molecular formula is C18H19NO2. The Balaban J connectivity index is 1.50. The van der Waals surface area contributed by atoms with Crippen molar-refractivity contribution in [3.05, 3.63) is 53.6 Å². The quantitative estimate of drug-likeness (QED) is 0.915. The number of rotatable bonds is 2. The van der Waals surface area contributed by atoms with Crippen molar-refractivity contribution in [1.82, 2.24) is 0 Å². The summed E-state index contributed by atoms with van der Waals surface area (Å²) in [6.45, 7) is 1.46. The van der Waals surface area contributed by atoms with Crippen molar-refractivity contribution in [2.24, 2.45) is 0 Å². The lowest BCUT2D eigenvalue weighted by molar-refractivity contribution is 0.297. The van der Waals surface area contributed by atoms with E-state index in [9.17, 15) is 0 Å². The normalized spacial score (nSPS) is 17.1. The average Bonchev–Trinajstić information content (AvgIpc) is 2.75. The molecule has 1 aliphatic heterocycles. The molecule has 0 amide bonds. The van der Waals surface area contributed by atoms with Crippen molar-refractivity contribution in [3.8, 4) is 11.5 Å². The Hall–Kier alpha value is -2.16. The Morgan fingerprint density at radius 2 is 1.57 bits per heavy atom. The highest BCUT2D eigenvalue weighted by molar-refractivity contribution is 5.56. The van der Waals surface area contributed by atoms with Gasteiger partial charge < -0.3 is 14.8 Å². The van der Waals surface area contributed by atoms with E-state index in [4.69, 9.17) is 9.47 Å². The second-order valence-corrected chi connectivity index (χ2v) is 5.73. The third-order valence-electron chi connectivity index (χ3n) is 4.17. The largest absolute Gasteiger partial charge is 0.490 e. The second kappa shape index (κ2) is 5.32. The number of ether oxygens (including phenoxy) is 2.